The molecule has 0 amide bonds. The van der Waals surface area contributed by atoms with E-state index in [4.69, 9.17) is 11.6 Å². The average Bonchev–Trinajstić information content (AvgIpc) is 3.40. The summed E-state index contributed by atoms with van der Waals surface area (Å²) in [6, 6.07) is 9.20. The van der Waals surface area contributed by atoms with Crippen LogP contribution in [-0.2, 0) is 6.54 Å². The number of rotatable bonds is 6. The fraction of sp³-hybridized carbons (Fsp3) is 0.161. The number of carboxylic acid groups (broad SMARTS) is 1. The summed E-state index contributed by atoms with van der Waals surface area (Å²) in [5, 5.41) is 21.7. The van der Waals surface area contributed by atoms with E-state index in [-0.39, 0.29) is 28.6 Å². The van der Waals surface area contributed by atoms with Gasteiger partial charge in [0.05, 0.1) is 50.7 Å². The van der Waals surface area contributed by atoms with Gasteiger partial charge in [-0.1, -0.05) is 29.5 Å². The third kappa shape index (κ3) is 5.52. The molecular weight excluding hydrogens is 572 g/mol. The molecule has 208 valence electrons. The number of carbonyl (C=O) groups is 1. The Morgan fingerprint density at radius 3 is 2.79 bits per heavy atom. The van der Waals surface area contributed by atoms with E-state index >= 15 is 0 Å². The molecule has 1 N–H and O–H groups in total. The number of aromatic nitrogens is 4. The summed E-state index contributed by atoms with van der Waals surface area (Å²) in [4.78, 5) is 40.4. The van der Waals surface area contributed by atoms with E-state index in [1.807, 2.05) is 25.1 Å². The summed E-state index contributed by atoms with van der Waals surface area (Å²) in [5.74, 6) is 5.60. The first-order valence-corrected chi connectivity index (χ1v) is 13.9. The fourth-order valence-electron chi connectivity index (χ4n) is 4.49. The number of nitrogens with zero attached hydrogens (tertiary/aromatic N) is 6. The van der Waals surface area contributed by atoms with Crippen molar-refractivity contribution >= 4 is 56.1 Å². The summed E-state index contributed by atoms with van der Waals surface area (Å²) < 4.78 is 2.14. The molecule has 0 aliphatic heterocycles. The fourth-order valence-corrected chi connectivity index (χ4v) is 5.69. The van der Waals surface area contributed by atoms with Gasteiger partial charge in [-0.2, -0.15) is 5.26 Å². The normalized spacial score (nSPS) is 11.2. The Balaban J connectivity index is 1.56. The van der Waals surface area contributed by atoms with Crippen molar-refractivity contribution in [3.05, 3.63) is 91.7 Å². The van der Waals surface area contributed by atoms with Crippen LogP contribution in [0.3, 0.4) is 0 Å². The number of benzene rings is 1. The van der Waals surface area contributed by atoms with Crippen molar-refractivity contribution < 1.29 is 9.90 Å². The maximum absolute atomic E-state index is 13.6. The van der Waals surface area contributed by atoms with Crippen LogP contribution in [0.15, 0.2) is 52.9 Å². The van der Waals surface area contributed by atoms with Crippen molar-refractivity contribution in [3.63, 3.8) is 0 Å². The Hall–Kier alpha value is -4.87. The van der Waals surface area contributed by atoms with Crippen LogP contribution in [0.1, 0.15) is 33.0 Å². The Labute approximate surface area is 250 Å². The summed E-state index contributed by atoms with van der Waals surface area (Å²) in [7, 11) is 3.86. The van der Waals surface area contributed by atoms with Crippen LogP contribution < -0.4 is 5.56 Å². The number of aromatic carboxylic acids is 1. The number of nitriles is 1. The number of aryl methyl sites for hydroxylation is 1. The smallest absolute Gasteiger partial charge is 0.338 e. The van der Waals surface area contributed by atoms with Crippen LogP contribution >= 0.6 is 22.9 Å². The van der Waals surface area contributed by atoms with Gasteiger partial charge >= 0.3 is 5.97 Å². The van der Waals surface area contributed by atoms with E-state index in [1.165, 1.54) is 22.1 Å². The average molecular weight is 595 g/mol. The van der Waals surface area contributed by atoms with Gasteiger partial charge in [0.25, 0.3) is 5.56 Å². The van der Waals surface area contributed by atoms with Crippen LogP contribution in [0.4, 0.5) is 0 Å². The van der Waals surface area contributed by atoms with Crippen LogP contribution in [-0.4, -0.2) is 56.1 Å². The SMILES string of the molecule is Cc1nc2cnc(/C=C/CN(C)C)c(C#N)c2c(=O)n1CC#Cc1ccc(Cl)cc1-c1ccnc2c(C(=O)O)csc12. The molecule has 4 heterocycles. The maximum Gasteiger partial charge on any atom is 0.338 e. The third-order valence-electron chi connectivity index (χ3n) is 6.49. The minimum Gasteiger partial charge on any atom is -0.478 e. The summed E-state index contributed by atoms with van der Waals surface area (Å²) in [6.07, 6.45) is 6.67. The zero-order valence-corrected chi connectivity index (χ0v) is 24.4. The molecule has 0 radical (unpaired) electrons. The second kappa shape index (κ2) is 11.9. The molecule has 11 heteroatoms. The lowest BCUT2D eigenvalue weighted by Gasteiger charge is -2.10. The molecule has 0 atom stereocenters. The Bertz CT molecular complexity index is 2080. The molecule has 0 bridgehead atoms. The molecule has 9 nitrogen and oxygen atoms in total. The molecule has 0 aliphatic carbocycles. The van der Waals surface area contributed by atoms with E-state index in [1.54, 1.807) is 48.8 Å². The van der Waals surface area contributed by atoms with Crippen molar-refractivity contribution in [1.29, 1.82) is 5.26 Å². The molecule has 0 aliphatic rings. The van der Waals surface area contributed by atoms with Gasteiger partial charge in [0.15, 0.2) is 0 Å². The molecular formula is C31H23ClN6O3S. The molecule has 0 fully saturated rings. The zero-order valence-electron chi connectivity index (χ0n) is 22.8. The lowest BCUT2D eigenvalue weighted by Crippen LogP contribution is -2.24. The predicted octanol–water partition coefficient (Wildman–Crippen LogP) is 5.23. The van der Waals surface area contributed by atoms with Gasteiger partial charge < -0.3 is 10.0 Å². The quantitative estimate of drug-likeness (QED) is 0.265. The van der Waals surface area contributed by atoms with Gasteiger partial charge in [0.2, 0.25) is 0 Å². The standard InChI is InChI=1S/C31H23ClN6O3S/c1-18-36-26-16-35-25(7-5-12-37(2)3)23(15-33)27(26)30(39)38(18)13-4-6-19-8-9-20(32)14-22(19)21-10-11-34-28-24(31(40)41)17-42-29(21)28/h5,7-11,14,16-17H,12-13H2,1-3H3,(H,40,41)/b7-5+. The lowest BCUT2D eigenvalue weighted by atomic mass is 10.00. The number of carboxylic acids is 1. The number of hydrogen-bond acceptors (Lipinski definition) is 8. The van der Waals surface area contributed by atoms with E-state index in [2.05, 4.69) is 32.9 Å². The Kier molecular flexibility index (Phi) is 8.14. The van der Waals surface area contributed by atoms with Crippen LogP contribution in [0, 0.1) is 30.1 Å². The van der Waals surface area contributed by atoms with Gasteiger partial charge in [-0.15, -0.1) is 11.3 Å². The van der Waals surface area contributed by atoms with Crippen LogP contribution in [0.2, 0.25) is 5.02 Å². The van der Waals surface area contributed by atoms with Crippen molar-refractivity contribution in [2.24, 2.45) is 0 Å². The lowest BCUT2D eigenvalue weighted by molar-refractivity contribution is 0.0699. The summed E-state index contributed by atoms with van der Waals surface area (Å²) in [6.45, 7) is 2.39. The summed E-state index contributed by atoms with van der Waals surface area (Å²) in [5.41, 5.74) is 3.19. The van der Waals surface area contributed by atoms with Crippen LogP contribution in [0.25, 0.3) is 38.3 Å². The molecule has 5 rings (SSSR count). The number of halogens is 1. The van der Waals surface area contributed by atoms with E-state index in [0.717, 1.165) is 5.56 Å². The largest absolute Gasteiger partial charge is 0.478 e. The molecule has 0 saturated carbocycles. The monoisotopic (exact) mass is 594 g/mol. The Morgan fingerprint density at radius 2 is 2.05 bits per heavy atom. The third-order valence-corrected chi connectivity index (χ3v) is 7.73. The predicted molar refractivity (Wildman–Crippen MR) is 165 cm³/mol. The number of hydrogen-bond donors (Lipinski definition) is 1. The van der Waals surface area contributed by atoms with Gasteiger partial charge in [-0.05, 0) is 51.4 Å². The maximum atomic E-state index is 13.6. The van der Waals surface area contributed by atoms with Gasteiger partial charge in [-0.3, -0.25) is 19.3 Å². The van der Waals surface area contributed by atoms with Crippen molar-refractivity contribution in [1.82, 2.24) is 24.4 Å². The molecule has 5 aromatic rings. The van der Waals surface area contributed by atoms with E-state index < -0.39 is 5.97 Å². The topological polar surface area (TPSA) is 125 Å². The molecule has 4 aromatic heterocycles. The van der Waals surface area contributed by atoms with Crippen LogP contribution in [0.5, 0.6) is 0 Å². The Morgan fingerprint density at radius 1 is 1.24 bits per heavy atom. The van der Waals surface area contributed by atoms with Crippen molar-refractivity contribution in [3.8, 4) is 29.0 Å². The first-order valence-electron chi connectivity index (χ1n) is 12.7. The molecule has 0 unspecified atom stereocenters. The molecule has 0 spiro atoms. The van der Waals surface area contributed by atoms with Gasteiger partial charge in [0, 0.05) is 39.8 Å². The minimum absolute atomic E-state index is 0.0303. The second-order valence-electron chi connectivity index (χ2n) is 9.59. The number of thiophene rings is 1. The highest BCUT2D eigenvalue weighted by Crippen LogP contribution is 2.36. The van der Waals surface area contributed by atoms with E-state index in [0.29, 0.717) is 49.9 Å². The van der Waals surface area contributed by atoms with Crippen molar-refractivity contribution in [2.75, 3.05) is 20.6 Å². The number of fused-ring (bicyclic) bond motifs is 2. The second-order valence-corrected chi connectivity index (χ2v) is 10.9. The molecule has 42 heavy (non-hydrogen) atoms. The molecule has 1 aromatic carbocycles. The van der Waals surface area contributed by atoms with Crippen molar-refractivity contribution in [2.45, 2.75) is 13.5 Å². The highest BCUT2D eigenvalue weighted by molar-refractivity contribution is 7.18. The number of likely N-dealkylation sites (N-methyl/N-ethyl adjacent to an activating group) is 1. The summed E-state index contributed by atoms with van der Waals surface area (Å²) >= 11 is 7.63. The van der Waals surface area contributed by atoms with E-state index in [9.17, 15) is 20.0 Å². The highest BCUT2D eigenvalue weighted by Gasteiger charge is 2.18. The molecule has 0 saturated heterocycles. The first-order chi connectivity index (χ1) is 20.2. The zero-order chi connectivity index (χ0) is 30.0. The van der Waals surface area contributed by atoms with Gasteiger partial charge in [0.1, 0.15) is 11.9 Å². The highest BCUT2D eigenvalue weighted by atomic mass is 35.5. The first kappa shape index (κ1) is 28.7. The minimum atomic E-state index is -1.05. The number of pyridine rings is 2. The van der Waals surface area contributed by atoms with Gasteiger partial charge in [-0.25, -0.2) is 9.78 Å².